The van der Waals surface area contributed by atoms with Gasteiger partial charge in [-0.3, -0.25) is 4.79 Å². The van der Waals surface area contributed by atoms with Crippen molar-refractivity contribution in [3.8, 4) is 11.5 Å². The summed E-state index contributed by atoms with van der Waals surface area (Å²) < 4.78 is 29.3. The summed E-state index contributed by atoms with van der Waals surface area (Å²) in [5.74, 6) is 0.0365. The topological polar surface area (TPSA) is 72.5 Å². The Morgan fingerprint density at radius 3 is 2.37 bits per heavy atom. The summed E-state index contributed by atoms with van der Waals surface area (Å²) in [7, 11) is -3.15. The van der Waals surface area contributed by atoms with Gasteiger partial charge in [-0.2, -0.15) is 0 Å². The van der Waals surface area contributed by atoms with E-state index in [1.165, 1.54) is 0 Å². The van der Waals surface area contributed by atoms with E-state index in [4.69, 9.17) is 27.9 Å². The van der Waals surface area contributed by atoms with E-state index in [-0.39, 0.29) is 17.4 Å². The first kappa shape index (κ1) is 20.0. The molecule has 1 N–H and O–H groups in total. The number of ether oxygens (including phenoxy) is 1. The smallest absolute Gasteiger partial charge is 0.228 e. The molecule has 0 bridgehead atoms. The summed E-state index contributed by atoms with van der Waals surface area (Å²) in [5, 5.41) is 3.81. The third-order valence-corrected chi connectivity index (χ3v) is 6.66. The Morgan fingerprint density at radius 2 is 1.78 bits per heavy atom. The first-order valence-electron chi connectivity index (χ1n) is 8.40. The number of anilines is 1. The van der Waals surface area contributed by atoms with Crippen molar-refractivity contribution in [2.24, 2.45) is 5.92 Å². The maximum atomic E-state index is 12.5. The molecular formula is C19H19Cl2NO4S. The van der Waals surface area contributed by atoms with E-state index in [1.807, 2.05) is 13.8 Å². The lowest BCUT2D eigenvalue weighted by atomic mass is 10.1. The van der Waals surface area contributed by atoms with Crippen LogP contribution in [0.25, 0.3) is 0 Å². The average Bonchev–Trinajstić information content (AvgIpc) is 2.92. The zero-order valence-electron chi connectivity index (χ0n) is 14.9. The zero-order valence-corrected chi connectivity index (χ0v) is 17.2. The van der Waals surface area contributed by atoms with Gasteiger partial charge in [0.15, 0.2) is 15.6 Å². The fourth-order valence-corrected chi connectivity index (χ4v) is 5.33. The number of carbonyl (C=O) groups is 1. The molecule has 2 aromatic rings. The molecule has 0 radical (unpaired) electrons. The number of rotatable bonds is 4. The monoisotopic (exact) mass is 427 g/mol. The van der Waals surface area contributed by atoms with Crippen LogP contribution < -0.4 is 10.1 Å². The Kier molecular flexibility index (Phi) is 5.70. The second kappa shape index (κ2) is 7.70. The van der Waals surface area contributed by atoms with Gasteiger partial charge in [0.2, 0.25) is 5.91 Å². The van der Waals surface area contributed by atoms with E-state index in [9.17, 15) is 13.2 Å². The molecule has 0 spiro atoms. The minimum atomic E-state index is -3.15. The summed E-state index contributed by atoms with van der Waals surface area (Å²) in [4.78, 5) is 12.5. The molecule has 1 atom stereocenters. The van der Waals surface area contributed by atoms with Crippen molar-refractivity contribution >= 4 is 44.6 Å². The molecule has 1 amide bonds. The molecule has 0 aliphatic carbocycles. The van der Waals surface area contributed by atoms with Gasteiger partial charge in [0.1, 0.15) is 5.75 Å². The highest BCUT2D eigenvalue weighted by Crippen LogP contribution is 2.36. The van der Waals surface area contributed by atoms with Gasteiger partial charge < -0.3 is 10.1 Å². The van der Waals surface area contributed by atoms with Crippen LogP contribution in [0.3, 0.4) is 0 Å². The fourth-order valence-electron chi connectivity index (χ4n) is 3.09. The number of hydrogen-bond acceptors (Lipinski definition) is 4. The van der Waals surface area contributed by atoms with Crippen LogP contribution in [0.1, 0.15) is 17.5 Å². The number of sulfone groups is 1. The third-order valence-electron chi connectivity index (χ3n) is 4.44. The van der Waals surface area contributed by atoms with E-state index in [0.717, 1.165) is 11.1 Å². The van der Waals surface area contributed by atoms with Crippen molar-refractivity contribution in [2.75, 3.05) is 16.8 Å². The fraction of sp³-hybridized carbons (Fsp3) is 0.316. The zero-order chi connectivity index (χ0) is 19.8. The van der Waals surface area contributed by atoms with Crippen LogP contribution in [-0.4, -0.2) is 25.8 Å². The Morgan fingerprint density at radius 1 is 1.11 bits per heavy atom. The number of benzene rings is 2. The minimum Gasteiger partial charge on any atom is -0.455 e. The maximum absolute atomic E-state index is 12.5. The van der Waals surface area contributed by atoms with Gasteiger partial charge in [0.05, 0.1) is 23.1 Å². The van der Waals surface area contributed by atoms with E-state index >= 15 is 0 Å². The van der Waals surface area contributed by atoms with Crippen LogP contribution in [0, 0.1) is 19.8 Å². The molecule has 1 saturated heterocycles. The van der Waals surface area contributed by atoms with Gasteiger partial charge >= 0.3 is 0 Å². The Balaban J connectivity index is 1.87. The van der Waals surface area contributed by atoms with Crippen LogP contribution in [0.15, 0.2) is 30.3 Å². The molecular weight excluding hydrogens is 409 g/mol. The van der Waals surface area contributed by atoms with Crippen molar-refractivity contribution in [3.05, 3.63) is 51.5 Å². The normalized spacial score (nSPS) is 18.3. The highest BCUT2D eigenvalue weighted by Gasteiger charge is 2.33. The number of halogens is 2. The molecule has 1 unspecified atom stereocenters. The average molecular weight is 428 g/mol. The largest absolute Gasteiger partial charge is 0.455 e. The van der Waals surface area contributed by atoms with Crippen LogP contribution in [-0.2, 0) is 14.6 Å². The number of aryl methyl sites for hydroxylation is 2. The first-order chi connectivity index (χ1) is 12.6. The van der Waals surface area contributed by atoms with Crippen LogP contribution >= 0.6 is 23.2 Å². The van der Waals surface area contributed by atoms with Crippen molar-refractivity contribution in [2.45, 2.75) is 20.3 Å². The lowest BCUT2D eigenvalue weighted by Crippen LogP contribution is -2.24. The Labute approximate surface area is 168 Å². The number of carbonyl (C=O) groups excluding carboxylic acids is 1. The Bertz CT molecular complexity index is 982. The molecule has 0 aromatic heterocycles. The molecule has 0 saturated carbocycles. The molecule has 3 rings (SSSR count). The van der Waals surface area contributed by atoms with Crippen molar-refractivity contribution in [1.29, 1.82) is 0 Å². The molecule has 2 aromatic carbocycles. The predicted octanol–water partition coefficient (Wildman–Crippen LogP) is 4.78. The standard InChI is InChI=1S/C19H19Cl2NO4S/c1-11-7-15(21)8-12(2)18(11)26-17-4-3-14(20)9-16(17)22-19(23)13-5-6-27(24,25)10-13/h3-4,7-9,13H,5-6,10H2,1-2H3,(H,22,23). The van der Waals surface area contributed by atoms with Gasteiger partial charge in [-0.25, -0.2) is 8.42 Å². The predicted molar refractivity (Wildman–Crippen MR) is 108 cm³/mol. The minimum absolute atomic E-state index is 0.0349. The van der Waals surface area contributed by atoms with Crippen LogP contribution in [0.5, 0.6) is 11.5 Å². The lowest BCUT2D eigenvalue weighted by Gasteiger charge is -2.17. The van der Waals surface area contributed by atoms with E-state index < -0.39 is 15.8 Å². The molecule has 8 heteroatoms. The molecule has 5 nitrogen and oxygen atoms in total. The molecule has 1 heterocycles. The van der Waals surface area contributed by atoms with Crippen LogP contribution in [0.4, 0.5) is 5.69 Å². The van der Waals surface area contributed by atoms with Gasteiger partial charge in [-0.15, -0.1) is 0 Å². The summed E-state index contributed by atoms with van der Waals surface area (Å²) in [6, 6.07) is 8.49. The number of hydrogen-bond donors (Lipinski definition) is 1. The molecule has 144 valence electrons. The van der Waals surface area contributed by atoms with Crippen molar-refractivity contribution in [1.82, 2.24) is 0 Å². The van der Waals surface area contributed by atoms with E-state index in [1.54, 1.807) is 30.3 Å². The Hall–Kier alpha value is -1.76. The lowest BCUT2D eigenvalue weighted by molar-refractivity contribution is -0.119. The van der Waals surface area contributed by atoms with Gasteiger partial charge in [0, 0.05) is 10.0 Å². The van der Waals surface area contributed by atoms with Crippen LogP contribution in [0.2, 0.25) is 10.0 Å². The SMILES string of the molecule is Cc1cc(Cl)cc(C)c1Oc1ccc(Cl)cc1NC(=O)C1CCS(=O)(=O)C1. The van der Waals surface area contributed by atoms with Gasteiger partial charge in [-0.05, 0) is 61.7 Å². The highest BCUT2D eigenvalue weighted by molar-refractivity contribution is 7.91. The highest BCUT2D eigenvalue weighted by atomic mass is 35.5. The summed E-state index contributed by atoms with van der Waals surface area (Å²) >= 11 is 12.1. The second-order valence-corrected chi connectivity index (χ2v) is 9.80. The first-order valence-corrected chi connectivity index (χ1v) is 11.0. The van der Waals surface area contributed by atoms with Crippen molar-refractivity contribution < 1.29 is 17.9 Å². The summed E-state index contributed by atoms with van der Waals surface area (Å²) in [5.41, 5.74) is 2.11. The molecule has 27 heavy (non-hydrogen) atoms. The van der Waals surface area contributed by atoms with E-state index in [0.29, 0.717) is 33.7 Å². The van der Waals surface area contributed by atoms with Crippen molar-refractivity contribution in [3.63, 3.8) is 0 Å². The van der Waals surface area contributed by atoms with Gasteiger partial charge in [0.25, 0.3) is 0 Å². The summed E-state index contributed by atoms with van der Waals surface area (Å²) in [6.07, 6.45) is 0.320. The molecule has 1 fully saturated rings. The maximum Gasteiger partial charge on any atom is 0.228 e. The molecule has 1 aliphatic rings. The quantitative estimate of drug-likeness (QED) is 0.761. The number of nitrogens with one attached hydrogen (secondary N) is 1. The van der Waals surface area contributed by atoms with Gasteiger partial charge in [-0.1, -0.05) is 23.2 Å². The summed E-state index contributed by atoms with van der Waals surface area (Å²) in [6.45, 7) is 3.76. The van der Waals surface area contributed by atoms with E-state index in [2.05, 4.69) is 5.32 Å². The molecule has 1 aliphatic heterocycles. The third kappa shape index (κ3) is 4.75. The number of amides is 1. The second-order valence-electron chi connectivity index (χ2n) is 6.70.